The Balaban J connectivity index is 1.45. The van der Waals surface area contributed by atoms with Crippen molar-refractivity contribution in [2.24, 2.45) is 0 Å². The molecule has 1 N–H and O–H groups in total. The molecule has 0 atom stereocenters. The van der Waals surface area contributed by atoms with Gasteiger partial charge in [0.25, 0.3) is 0 Å². The third kappa shape index (κ3) is 5.03. The van der Waals surface area contributed by atoms with Crippen LogP contribution >= 0.6 is 0 Å². The number of para-hydroxylation sites is 1. The van der Waals surface area contributed by atoms with Gasteiger partial charge in [0.2, 0.25) is 10.0 Å². The molecule has 1 aliphatic rings. The zero-order chi connectivity index (χ0) is 21.0. The maximum atomic E-state index is 12.5. The van der Waals surface area contributed by atoms with Crippen molar-refractivity contribution in [2.75, 3.05) is 0 Å². The van der Waals surface area contributed by atoms with Gasteiger partial charge in [-0.1, -0.05) is 24.3 Å². The van der Waals surface area contributed by atoms with Crippen LogP contribution in [0.1, 0.15) is 28.8 Å². The average molecular weight is 424 g/mol. The predicted octanol–water partition coefficient (Wildman–Crippen LogP) is 3.67. The van der Waals surface area contributed by atoms with E-state index < -0.39 is 16.0 Å². The molecule has 0 radical (unpaired) electrons. The van der Waals surface area contributed by atoms with Crippen LogP contribution in [0.3, 0.4) is 0 Å². The zero-order valence-electron chi connectivity index (χ0n) is 16.0. The molecular formula is C22H20N2O5S. The van der Waals surface area contributed by atoms with E-state index in [2.05, 4.69) is 9.71 Å². The molecule has 4 rings (SSSR count). The number of carbonyl (C=O) groups is 1. The SMILES string of the molecule is O=C(OCc1ccccc1Oc1cccnc1)c1cccc(S(=O)(=O)NC2CC2)c1. The van der Waals surface area contributed by atoms with E-state index in [-0.39, 0.29) is 23.1 Å². The molecule has 7 nitrogen and oxygen atoms in total. The Labute approximate surface area is 174 Å². The molecule has 0 amide bonds. The molecule has 2 aromatic carbocycles. The first-order valence-corrected chi connectivity index (χ1v) is 10.9. The van der Waals surface area contributed by atoms with Crippen LogP contribution in [0, 0.1) is 0 Å². The third-order valence-electron chi connectivity index (χ3n) is 4.47. The van der Waals surface area contributed by atoms with Gasteiger partial charge >= 0.3 is 5.97 Å². The minimum atomic E-state index is -3.65. The maximum Gasteiger partial charge on any atom is 0.338 e. The summed E-state index contributed by atoms with van der Waals surface area (Å²) in [5, 5.41) is 0. The van der Waals surface area contributed by atoms with Crippen LogP contribution in [0.4, 0.5) is 0 Å². The number of hydrogen-bond acceptors (Lipinski definition) is 6. The summed E-state index contributed by atoms with van der Waals surface area (Å²) in [5.41, 5.74) is 0.841. The summed E-state index contributed by atoms with van der Waals surface area (Å²) < 4.78 is 38.6. The molecule has 3 aromatic rings. The second-order valence-corrected chi connectivity index (χ2v) is 8.61. The van der Waals surface area contributed by atoms with Gasteiger partial charge < -0.3 is 9.47 Å². The monoisotopic (exact) mass is 424 g/mol. The first-order valence-electron chi connectivity index (χ1n) is 9.46. The number of rotatable bonds is 8. The molecular weight excluding hydrogens is 404 g/mol. The van der Waals surface area contributed by atoms with Crippen LogP contribution in [-0.2, 0) is 21.4 Å². The number of benzene rings is 2. The molecule has 0 spiro atoms. The Kier molecular flexibility index (Phi) is 5.78. The fourth-order valence-electron chi connectivity index (χ4n) is 2.76. The Morgan fingerprint density at radius 3 is 2.67 bits per heavy atom. The topological polar surface area (TPSA) is 94.6 Å². The van der Waals surface area contributed by atoms with Crippen molar-refractivity contribution in [3.63, 3.8) is 0 Å². The summed E-state index contributed by atoms with van der Waals surface area (Å²) in [6.45, 7) is -0.0213. The van der Waals surface area contributed by atoms with Gasteiger partial charge in [0, 0.05) is 17.8 Å². The van der Waals surface area contributed by atoms with Gasteiger partial charge in [-0.3, -0.25) is 4.98 Å². The van der Waals surface area contributed by atoms with E-state index in [9.17, 15) is 13.2 Å². The summed E-state index contributed by atoms with van der Waals surface area (Å²) in [6.07, 6.45) is 4.91. The Hall–Kier alpha value is -3.23. The Bertz CT molecular complexity index is 1140. The molecule has 0 saturated heterocycles. The van der Waals surface area contributed by atoms with Crippen molar-refractivity contribution in [3.8, 4) is 11.5 Å². The van der Waals surface area contributed by atoms with Crippen molar-refractivity contribution in [1.29, 1.82) is 0 Å². The number of hydrogen-bond donors (Lipinski definition) is 1. The van der Waals surface area contributed by atoms with Crippen molar-refractivity contribution >= 4 is 16.0 Å². The van der Waals surface area contributed by atoms with Gasteiger partial charge in [0.05, 0.1) is 16.7 Å². The number of sulfonamides is 1. The Morgan fingerprint density at radius 1 is 1.07 bits per heavy atom. The lowest BCUT2D eigenvalue weighted by Crippen LogP contribution is -2.25. The molecule has 1 fully saturated rings. The fraction of sp³-hybridized carbons (Fsp3) is 0.182. The quantitative estimate of drug-likeness (QED) is 0.555. The first-order chi connectivity index (χ1) is 14.5. The number of pyridine rings is 1. The highest BCUT2D eigenvalue weighted by molar-refractivity contribution is 7.89. The highest BCUT2D eigenvalue weighted by Crippen LogP contribution is 2.26. The normalized spacial score (nSPS) is 13.6. The molecule has 1 aromatic heterocycles. The van der Waals surface area contributed by atoms with Crippen molar-refractivity contribution in [1.82, 2.24) is 9.71 Å². The molecule has 1 heterocycles. The van der Waals surface area contributed by atoms with Crippen LogP contribution < -0.4 is 9.46 Å². The molecule has 0 unspecified atom stereocenters. The minimum Gasteiger partial charge on any atom is -0.457 e. The average Bonchev–Trinajstić information content (AvgIpc) is 3.57. The smallest absolute Gasteiger partial charge is 0.338 e. The predicted molar refractivity (Wildman–Crippen MR) is 110 cm³/mol. The van der Waals surface area contributed by atoms with Gasteiger partial charge in [-0.15, -0.1) is 0 Å². The van der Waals surface area contributed by atoms with Gasteiger partial charge in [0.1, 0.15) is 18.1 Å². The van der Waals surface area contributed by atoms with Crippen molar-refractivity contribution in [3.05, 3.63) is 84.2 Å². The molecule has 0 bridgehead atoms. The van der Waals surface area contributed by atoms with Gasteiger partial charge in [-0.25, -0.2) is 17.9 Å². The van der Waals surface area contributed by atoms with Crippen LogP contribution in [0.25, 0.3) is 0 Å². The molecule has 8 heteroatoms. The second kappa shape index (κ2) is 8.64. The van der Waals surface area contributed by atoms with Gasteiger partial charge in [-0.05, 0) is 49.2 Å². The molecule has 0 aliphatic heterocycles. The summed E-state index contributed by atoms with van der Waals surface area (Å²) in [5.74, 6) is 0.496. The minimum absolute atomic E-state index is 0.0121. The summed E-state index contributed by atoms with van der Waals surface area (Å²) in [4.78, 5) is 16.6. The van der Waals surface area contributed by atoms with E-state index in [4.69, 9.17) is 9.47 Å². The van der Waals surface area contributed by atoms with E-state index >= 15 is 0 Å². The molecule has 30 heavy (non-hydrogen) atoms. The third-order valence-corrected chi connectivity index (χ3v) is 5.99. The largest absolute Gasteiger partial charge is 0.457 e. The number of ether oxygens (including phenoxy) is 2. The van der Waals surface area contributed by atoms with E-state index in [0.29, 0.717) is 17.1 Å². The number of aromatic nitrogens is 1. The molecule has 154 valence electrons. The zero-order valence-corrected chi connectivity index (χ0v) is 16.8. The van der Waals surface area contributed by atoms with Crippen LogP contribution in [0.2, 0.25) is 0 Å². The lowest BCUT2D eigenvalue weighted by atomic mass is 10.2. The van der Waals surface area contributed by atoms with E-state index in [0.717, 1.165) is 12.8 Å². The highest BCUT2D eigenvalue weighted by Gasteiger charge is 2.28. The van der Waals surface area contributed by atoms with Crippen molar-refractivity contribution < 1.29 is 22.7 Å². The van der Waals surface area contributed by atoms with Gasteiger partial charge in [0.15, 0.2) is 0 Å². The number of carbonyl (C=O) groups excluding carboxylic acids is 1. The summed E-state index contributed by atoms with van der Waals surface area (Å²) >= 11 is 0. The number of esters is 1. The van der Waals surface area contributed by atoms with Crippen LogP contribution in [0.5, 0.6) is 11.5 Å². The van der Waals surface area contributed by atoms with Crippen LogP contribution in [0.15, 0.2) is 78.0 Å². The summed E-state index contributed by atoms with van der Waals surface area (Å²) in [6, 6.07) is 16.6. The van der Waals surface area contributed by atoms with E-state index in [1.807, 2.05) is 12.1 Å². The fourth-order valence-corrected chi connectivity index (χ4v) is 4.11. The van der Waals surface area contributed by atoms with E-state index in [1.54, 1.807) is 36.7 Å². The lowest BCUT2D eigenvalue weighted by Gasteiger charge is -2.12. The number of nitrogens with zero attached hydrogens (tertiary/aromatic N) is 1. The molecule has 1 saturated carbocycles. The maximum absolute atomic E-state index is 12.5. The highest BCUT2D eigenvalue weighted by atomic mass is 32.2. The van der Waals surface area contributed by atoms with Crippen molar-refractivity contribution in [2.45, 2.75) is 30.4 Å². The van der Waals surface area contributed by atoms with Gasteiger partial charge in [-0.2, -0.15) is 0 Å². The Morgan fingerprint density at radius 2 is 1.90 bits per heavy atom. The standard InChI is InChI=1S/C22H20N2O5S/c25-22(16-6-3-8-20(13-16)30(26,27)24-18-10-11-18)28-15-17-5-1-2-9-21(17)29-19-7-4-12-23-14-19/h1-9,12-14,18,24H,10-11,15H2. The second-order valence-electron chi connectivity index (χ2n) is 6.90. The molecule has 1 aliphatic carbocycles. The van der Waals surface area contributed by atoms with E-state index in [1.165, 1.54) is 24.3 Å². The number of nitrogens with one attached hydrogen (secondary N) is 1. The first kappa shape index (κ1) is 20.1. The summed E-state index contributed by atoms with van der Waals surface area (Å²) in [7, 11) is -3.65. The lowest BCUT2D eigenvalue weighted by molar-refractivity contribution is 0.0470. The van der Waals surface area contributed by atoms with Crippen LogP contribution in [-0.4, -0.2) is 25.4 Å².